The van der Waals surface area contributed by atoms with E-state index >= 15 is 0 Å². The average molecular weight is 434 g/mol. The Morgan fingerprint density at radius 2 is 1.94 bits per heavy atom. The van der Waals surface area contributed by atoms with Crippen molar-refractivity contribution >= 4 is 29.2 Å². The van der Waals surface area contributed by atoms with Crippen LogP contribution in [0.15, 0.2) is 42.6 Å². The van der Waals surface area contributed by atoms with Gasteiger partial charge in [0.15, 0.2) is 0 Å². The Kier molecular flexibility index (Phi) is 5.07. The van der Waals surface area contributed by atoms with E-state index in [1.165, 1.54) is 17.7 Å². The summed E-state index contributed by atoms with van der Waals surface area (Å²) >= 11 is 0. The number of amides is 3. The minimum absolute atomic E-state index is 0.0240. The van der Waals surface area contributed by atoms with Crippen molar-refractivity contribution in [3.63, 3.8) is 0 Å². The second-order valence-electron chi connectivity index (χ2n) is 8.85. The third kappa shape index (κ3) is 3.39. The van der Waals surface area contributed by atoms with Crippen LogP contribution in [0.25, 0.3) is 0 Å². The predicted molar refractivity (Wildman–Crippen MR) is 120 cm³/mol. The number of benzene rings is 1. The number of carbonyl (C=O) groups is 3. The van der Waals surface area contributed by atoms with E-state index in [0.29, 0.717) is 30.6 Å². The zero-order valence-electron chi connectivity index (χ0n) is 18.2. The van der Waals surface area contributed by atoms with Crippen LogP contribution in [0, 0.1) is 0 Å². The molecule has 8 nitrogen and oxygen atoms in total. The maximum absolute atomic E-state index is 13.3. The molecule has 3 aliphatic heterocycles. The van der Waals surface area contributed by atoms with Crippen molar-refractivity contribution in [3.05, 3.63) is 53.7 Å². The number of para-hydroxylation sites is 1. The standard InChI is InChI=1S/C24H27N5O3/c1-24-10-8-22(31)29(24)19-7-3-2-6-18(19)23(32)28(24)16-21(30)26-15-17-9-11-25-20(14-17)27-12-4-5-13-27/h2-3,6-7,9,11,14H,4-5,8,10,12-13,15-16H2,1H3,(H,26,30). The lowest BCUT2D eigenvalue weighted by Gasteiger charge is -2.48. The molecule has 1 unspecified atom stereocenters. The van der Waals surface area contributed by atoms with Crippen LogP contribution in [0.5, 0.6) is 0 Å². The van der Waals surface area contributed by atoms with Crippen LogP contribution < -0.4 is 15.1 Å². The SMILES string of the molecule is CC12CCC(=O)N1c1ccccc1C(=O)N2CC(=O)NCc1ccnc(N2CCCC2)c1. The lowest BCUT2D eigenvalue weighted by atomic mass is 9.98. The number of rotatable bonds is 5. The molecule has 166 valence electrons. The molecule has 1 atom stereocenters. The predicted octanol–water partition coefficient (Wildman–Crippen LogP) is 2.30. The molecule has 2 fully saturated rings. The molecule has 1 aromatic heterocycles. The van der Waals surface area contributed by atoms with Gasteiger partial charge in [0.25, 0.3) is 5.91 Å². The number of pyridine rings is 1. The van der Waals surface area contributed by atoms with Gasteiger partial charge in [0.05, 0.1) is 11.3 Å². The highest BCUT2D eigenvalue weighted by Crippen LogP contribution is 2.43. The molecule has 8 heteroatoms. The van der Waals surface area contributed by atoms with E-state index in [1.807, 2.05) is 25.1 Å². The fourth-order valence-corrected chi connectivity index (χ4v) is 5.03. The molecule has 4 heterocycles. The number of hydrogen-bond acceptors (Lipinski definition) is 5. The van der Waals surface area contributed by atoms with Gasteiger partial charge in [-0.05, 0) is 56.0 Å². The zero-order valence-corrected chi connectivity index (χ0v) is 18.2. The van der Waals surface area contributed by atoms with Crippen molar-refractivity contribution < 1.29 is 14.4 Å². The van der Waals surface area contributed by atoms with E-state index < -0.39 is 5.66 Å². The summed E-state index contributed by atoms with van der Waals surface area (Å²) in [6, 6.07) is 11.0. The molecule has 0 aliphatic carbocycles. The van der Waals surface area contributed by atoms with Gasteiger partial charge in [0.2, 0.25) is 11.8 Å². The van der Waals surface area contributed by atoms with E-state index in [-0.39, 0.29) is 24.3 Å². The average Bonchev–Trinajstić information content (AvgIpc) is 3.44. The van der Waals surface area contributed by atoms with Crippen molar-refractivity contribution in [1.82, 2.24) is 15.2 Å². The van der Waals surface area contributed by atoms with Crippen LogP contribution in [0.1, 0.15) is 48.5 Å². The number of nitrogens with zero attached hydrogens (tertiary/aromatic N) is 4. The number of anilines is 2. The number of nitrogens with one attached hydrogen (secondary N) is 1. The molecule has 0 bridgehead atoms. The molecule has 0 spiro atoms. The van der Waals surface area contributed by atoms with E-state index in [0.717, 1.165) is 24.5 Å². The number of aromatic nitrogens is 1. The number of fused-ring (bicyclic) bond motifs is 3. The van der Waals surface area contributed by atoms with Crippen molar-refractivity contribution in [2.24, 2.45) is 0 Å². The zero-order chi connectivity index (χ0) is 22.3. The summed E-state index contributed by atoms with van der Waals surface area (Å²) in [5, 5.41) is 2.93. The molecule has 3 amide bonds. The minimum Gasteiger partial charge on any atom is -0.357 e. The van der Waals surface area contributed by atoms with Crippen molar-refractivity contribution in [2.75, 3.05) is 29.4 Å². The minimum atomic E-state index is -0.834. The smallest absolute Gasteiger partial charge is 0.258 e. The lowest BCUT2D eigenvalue weighted by molar-refractivity contribution is -0.124. The highest BCUT2D eigenvalue weighted by atomic mass is 16.2. The molecule has 32 heavy (non-hydrogen) atoms. The van der Waals surface area contributed by atoms with Crippen molar-refractivity contribution in [1.29, 1.82) is 0 Å². The number of hydrogen-bond donors (Lipinski definition) is 1. The highest BCUT2D eigenvalue weighted by molar-refractivity contribution is 6.11. The fourth-order valence-electron chi connectivity index (χ4n) is 5.03. The Morgan fingerprint density at radius 1 is 1.16 bits per heavy atom. The topological polar surface area (TPSA) is 85.8 Å². The Balaban J connectivity index is 1.31. The molecule has 2 saturated heterocycles. The summed E-state index contributed by atoms with van der Waals surface area (Å²) in [7, 11) is 0. The lowest BCUT2D eigenvalue weighted by Crippen LogP contribution is -2.63. The van der Waals surface area contributed by atoms with Crippen LogP contribution in [-0.2, 0) is 16.1 Å². The quantitative estimate of drug-likeness (QED) is 0.782. The van der Waals surface area contributed by atoms with E-state index in [2.05, 4.69) is 15.2 Å². The van der Waals surface area contributed by atoms with Crippen LogP contribution >= 0.6 is 0 Å². The molecular formula is C24H27N5O3. The highest BCUT2D eigenvalue weighted by Gasteiger charge is 2.53. The molecule has 3 aliphatic rings. The molecule has 0 saturated carbocycles. The van der Waals surface area contributed by atoms with Crippen LogP contribution in [0.4, 0.5) is 11.5 Å². The van der Waals surface area contributed by atoms with E-state index in [1.54, 1.807) is 29.3 Å². The fraction of sp³-hybridized carbons (Fsp3) is 0.417. The van der Waals surface area contributed by atoms with Gasteiger partial charge in [0.1, 0.15) is 18.0 Å². The molecular weight excluding hydrogens is 406 g/mol. The van der Waals surface area contributed by atoms with Gasteiger partial charge in [0, 0.05) is 32.3 Å². The normalized spacial score (nSPS) is 22.2. The first-order valence-electron chi connectivity index (χ1n) is 11.2. The Labute approximate surface area is 187 Å². The largest absolute Gasteiger partial charge is 0.357 e. The summed E-state index contributed by atoms with van der Waals surface area (Å²) in [6.07, 6.45) is 4.97. The molecule has 2 aromatic rings. The molecule has 1 aromatic carbocycles. The first-order chi connectivity index (χ1) is 15.5. The Hall–Kier alpha value is -3.42. The summed E-state index contributed by atoms with van der Waals surface area (Å²) < 4.78 is 0. The Morgan fingerprint density at radius 3 is 2.75 bits per heavy atom. The summed E-state index contributed by atoms with van der Waals surface area (Å²) in [6.45, 7) is 4.15. The second kappa shape index (κ2) is 7.93. The first kappa shape index (κ1) is 20.5. The summed E-state index contributed by atoms with van der Waals surface area (Å²) in [5.41, 5.74) is 1.22. The molecule has 5 rings (SSSR count). The van der Waals surface area contributed by atoms with E-state index in [9.17, 15) is 14.4 Å². The van der Waals surface area contributed by atoms with Gasteiger partial charge in [-0.1, -0.05) is 12.1 Å². The maximum atomic E-state index is 13.3. The molecule has 1 N–H and O–H groups in total. The Bertz CT molecular complexity index is 1080. The van der Waals surface area contributed by atoms with Gasteiger partial charge >= 0.3 is 0 Å². The van der Waals surface area contributed by atoms with Crippen molar-refractivity contribution in [2.45, 2.75) is 44.8 Å². The van der Waals surface area contributed by atoms with Gasteiger partial charge in [-0.25, -0.2) is 4.98 Å². The van der Waals surface area contributed by atoms with Crippen LogP contribution in [0.3, 0.4) is 0 Å². The molecule has 0 radical (unpaired) electrons. The third-order valence-corrected chi connectivity index (χ3v) is 6.78. The van der Waals surface area contributed by atoms with Crippen LogP contribution in [0.2, 0.25) is 0 Å². The van der Waals surface area contributed by atoms with Gasteiger partial charge in [-0.15, -0.1) is 0 Å². The van der Waals surface area contributed by atoms with Gasteiger partial charge in [-0.2, -0.15) is 0 Å². The second-order valence-corrected chi connectivity index (χ2v) is 8.85. The maximum Gasteiger partial charge on any atom is 0.258 e. The number of carbonyl (C=O) groups excluding carboxylic acids is 3. The third-order valence-electron chi connectivity index (χ3n) is 6.78. The monoisotopic (exact) mass is 433 g/mol. The summed E-state index contributed by atoms with van der Waals surface area (Å²) in [4.78, 5) is 48.7. The summed E-state index contributed by atoms with van der Waals surface area (Å²) in [5.74, 6) is 0.441. The van der Waals surface area contributed by atoms with Crippen LogP contribution in [-0.4, -0.2) is 52.9 Å². The van der Waals surface area contributed by atoms with Crippen molar-refractivity contribution in [3.8, 4) is 0 Å². The van der Waals surface area contributed by atoms with E-state index in [4.69, 9.17) is 0 Å². The van der Waals surface area contributed by atoms with Gasteiger partial charge in [-0.3, -0.25) is 19.3 Å². The first-order valence-corrected chi connectivity index (χ1v) is 11.2. The van der Waals surface area contributed by atoms with Gasteiger partial charge < -0.3 is 15.1 Å².